The van der Waals surface area contributed by atoms with E-state index in [4.69, 9.17) is 20.3 Å². The third kappa shape index (κ3) is 10.9. The van der Waals surface area contributed by atoms with E-state index in [0.29, 0.717) is 41.9 Å². The molecule has 24 nitrogen and oxygen atoms in total. The average molecular weight is 1020 g/mol. The van der Waals surface area contributed by atoms with Crippen molar-refractivity contribution < 1.29 is 33.0 Å². The molecule has 0 aliphatic heterocycles. The van der Waals surface area contributed by atoms with Crippen LogP contribution in [0.3, 0.4) is 0 Å². The van der Waals surface area contributed by atoms with Crippen LogP contribution in [-0.2, 0) is 13.1 Å². The zero-order valence-electron chi connectivity index (χ0n) is 41.0. The first-order valence-corrected chi connectivity index (χ1v) is 23.8. The minimum atomic E-state index is -1.08. The van der Waals surface area contributed by atoms with Gasteiger partial charge in [0.1, 0.15) is 29.6 Å². The van der Waals surface area contributed by atoms with Gasteiger partial charge in [-0.25, -0.2) is 42.3 Å². The lowest BCUT2D eigenvalue weighted by molar-refractivity contribution is 0.0690. The lowest BCUT2D eigenvalue weighted by Gasteiger charge is -2.17. The van der Waals surface area contributed by atoms with Crippen molar-refractivity contribution in [2.75, 3.05) is 14.2 Å². The second kappa shape index (κ2) is 21.1. The van der Waals surface area contributed by atoms with Crippen LogP contribution in [0.1, 0.15) is 124 Å². The molecule has 10 aromatic rings. The number of nitrogens with zero attached hydrogens (tertiary/aromatic N) is 18. The van der Waals surface area contributed by atoms with Gasteiger partial charge >= 0.3 is 5.97 Å². The Balaban J connectivity index is 0.000000142. The number of ether oxygens (including phenoxy) is 2. The van der Waals surface area contributed by atoms with E-state index in [-0.39, 0.29) is 40.7 Å². The maximum atomic E-state index is 15.3. The van der Waals surface area contributed by atoms with Crippen molar-refractivity contribution in [3.8, 4) is 22.9 Å². The number of pyridine rings is 2. The number of carboxylic acid groups (broad SMARTS) is 1. The van der Waals surface area contributed by atoms with Crippen molar-refractivity contribution in [1.82, 2.24) is 89.2 Å². The summed E-state index contributed by atoms with van der Waals surface area (Å²) in [6, 6.07) is 14.1. The number of imidazole rings is 2. The highest BCUT2D eigenvalue weighted by Crippen LogP contribution is 2.41. The zero-order chi connectivity index (χ0) is 52.3. The highest BCUT2D eigenvalue weighted by atomic mass is 19.1. The van der Waals surface area contributed by atoms with Gasteiger partial charge < -0.3 is 29.1 Å². The smallest absolute Gasteiger partial charge is 0.358 e. The normalized spacial score (nSPS) is 14.0. The van der Waals surface area contributed by atoms with Crippen molar-refractivity contribution in [2.45, 2.75) is 82.8 Å². The Kier molecular flexibility index (Phi) is 13.9. The van der Waals surface area contributed by atoms with Crippen LogP contribution in [0.5, 0.6) is 11.5 Å². The maximum absolute atomic E-state index is 15.3. The number of halogens is 2. The Morgan fingerprint density at radius 2 is 1.13 bits per heavy atom. The molecule has 12 rings (SSSR count). The molecule has 8 aromatic heterocycles. The molecule has 3 N–H and O–H groups in total. The lowest BCUT2D eigenvalue weighted by Crippen LogP contribution is -2.13. The molecule has 2 aliphatic carbocycles. The number of ketones is 1. The topological polar surface area (TPSA) is 282 Å². The van der Waals surface area contributed by atoms with Crippen LogP contribution in [0.4, 0.5) is 8.78 Å². The fourth-order valence-corrected chi connectivity index (χ4v) is 8.67. The van der Waals surface area contributed by atoms with Crippen molar-refractivity contribution in [3.63, 3.8) is 0 Å². The molecule has 0 saturated heterocycles. The standard InChI is InChI=1S/C25H24FN9O2.C14H13N5O2.C10H12FN5O/c1-15(24-20(35-14-27-30-32-35)6-7-22(37-2)25(24)26)9-21(36)19-13-34(31-29-19)12-18-11-33-10-17(16-3-4-16)5-8-23(33)28-18;20-14(21)12-8-19(17-16-12)7-11-6-18-5-10(9-1-2-9)3-4-13(18)15-11;1-6(12)9-7(16-5-13-14-15-16)3-4-8(17-2)10(9)11/h5-8,10-11,13-16H,3-4,9,12H2,1-2H3;3-6,8-9H,1-2,7H2,(H,20,21);3-6H,12H2,1-2H3. The number of tetrazole rings is 2. The molecule has 2 aliphatic rings. The number of fused-ring (bicyclic) bond motifs is 2. The van der Waals surface area contributed by atoms with Gasteiger partial charge in [-0.2, -0.15) is 0 Å². The number of methoxy groups -OCH3 is 2. The summed E-state index contributed by atoms with van der Waals surface area (Å²) in [6.45, 7) is 4.23. The quantitative estimate of drug-likeness (QED) is 0.109. The molecule has 0 bridgehead atoms. The van der Waals surface area contributed by atoms with Gasteiger partial charge in [-0.1, -0.05) is 29.5 Å². The Morgan fingerprint density at radius 3 is 1.57 bits per heavy atom. The second-order valence-electron chi connectivity index (χ2n) is 18.2. The third-order valence-electron chi connectivity index (χ3n) is 12.7. The molecule has 2 aromatic carbocycles. The highest BCUT2D eigenvalue weighted by molar-refractivity contribution is 5.94. The Morgan fingerprint density at radius 1 is 0.653 bits per heavy atom. The molecule has 2 atom stereocenters. The van der Waals surface area contributed by atoms with Crippen LogP contribution in [0, 0.1) is 11.6 Å². The van der Waals surface area contributed by atoms with Gasteiger partial charge in [0.15, 0.2) is 34.6 Å². The zero-order valence-corrected chi connectivity index (χ0v) is 41.0. The van der Waals surface area contributed by atoms with E-state index in [1.54, 1.807) is 36.9 Å². The molecular weight excluding hydrogens is 973 g/mol. The number of hydrogen-bond acceptors (Lipinski definition) is 17. The minimum Gasteiger partial charge on any atom is -0.494 e. The van der Waals surface area contributed by atoms with Gasteiger partial charge in [-0.3, -0.25) is 4.79 Å². The number of carboxylic acids is 1. The van der Waals surface area contributed by atoms with Crippen LogP contribution in [0.15, 0.2) is 98.4 Å². The van der Waals surface area contributed by atoms with E-state index in [9.17, 15) is 14.0 Å². The molecule has 384 valence electrons. The number of benzene rings is 2. The summed E-state index contributed by atoms with van der Waals surface area (Å²) in [5.41, 5.74) is 13.5. The second-order valence-corrected chi connectivity index (χ2v) is 18.2. The van der Waals surface area contributed by atoms with E-state index in [1.165, 1.54) is 96.1 Å². The Labute approximate surface area is 424 Å². The van der Waals surface area contributed by atoms with Gasteiger partial charge in [0.25, 0.3) is 0 Å². The molecule has 2 saturated carbocycles. The Hall–Kier alpha value is -9.20. The molecule has 75 heavy (non-hydrogen) atoms. The highest BCUT2D eigenvalue weighted by Gasteiger charge is 2.27. The van der Waals surface area contributed by atoms with Crippen LogP contribution in [0.2, 0.25) is 0 Å². The first-order valence-electron chi connectivity index (χ1n) is 23.8. The predicted molar refractivity (Wildman–Crippen MR) is 261 cm³/mol. The summed E-state index contributed by atoms with van der Waals surface area (Å²) in [5.74, 6) is -1.30. The summed E-state index contributed by atoms with van der Waals surface area (Å²) in [7, 11) is 2.79. The van der Waals surface area contributed by atoms with Gasteiger partial charge in [0.05, 0.1) is 62.5 Å². The van der Waals surface area contributed by atoms with E-state index >= 15 is 4.39 Å². The number of aromatic nitrogens is 18. The first-order chi connectivity index (χ1) is 36.3. The van der Waals surface area contributed by atoms with Crippen molar-refractivity contribution in [2.24, 2.45) is 5.73 Å². The summed E-state index contributed by atoms with van der Waals surface area (Å²) in [6.07, 6.45) is 18.9. The molecule has 2 fully saturated rings. The van der Waals surface area contributed by atoms with E-state index < -0.39 is 29.6 Å². The summed E-state index contributed by atoms with van der Waals surface area (Å²) < 4.78 is 49.3. The largest absolute Gasteiger partial charge is 0.494 e. The fraction of sp³-hybridized carbons (Fsp3) is 0.306. The summed E-state index contributed by atoms with van der Waals surface area (Å²) >= 11 is 0. The fourth-order valence-electron chi connectivity index (χ4n) is 8.67. The van der Waals surface area contributed by atoms with Crippen molar-refractivity contribution in [3.05, 3.63) is 155 Å². The van der Waals surface area contributed by atoms with Crippen LogP contribution in [0.25, 0.3) is 22.7 Å². The third-order valence-corrected chi connectivity index (χ3v) is 12.7. The molecular formula is C49H49F2N19O5. The SMILES string of the molecule is COc1ccc(-n2cnnn2)c(C(C)CC(=O)c2cn(Cc3cn4cc(C5CC5)ccc4n3)nn2)c1F.COc1ccc(-n2cnnn2)c(C(C)N)c1F.O=C(O)c1cn(Cc2cn3cc(C4CC4)ccc3n2)nn1. The van der Waals surface area contributed by atoms with Crippen LogP contribution < -0.4 is 15.2 Å². The molecule has 26 heteroatoms. The van der Waals surface area contributed by atoms with Crippen LogP contribution >= 0.6 is 0 Å². The Bertz CT molecular complexity index is 3640. The molecule has 0 spiro atoms. The van der Waals surface area contributed by atoms with Crippen molar-refractivity contribution >= 4 is 23.0 Å². The number of carbonyl (C=O) groups excluding carboxylic acids is 1. The van der Waals surface area contributed by atoms with E-state index in [1.807, 2.05) is 33.3 Å². The minimum absolute atomic E-state index is 0.0101. The predicted octanol–water partition coefficient (Wildman–Crippen LogP) is 5.73. The number of carbonyl (C=O) groups is 2. The number of rotatable bonds is 16. The molecule has 2 unspecified atom stereocenters. The summed E-state index contributed by atoms with van der Waals surface area (Å²) in [4.78, 5) is 33.0. The summed E-state index contributed by atoms with van der Waals surface area (Å²) in [5, 5.41) is 46.3. The lowest BCUT2D eigenvalue weighted by atomic mass is 9.92. The van der Waals surface area contributed by atoms with Gasteiger partial charge in [-0.15, -0.1) is 20.4 Å². The van der Waals surface area contributed by atoms with Gasteiger partial charge in [0, 0.05) is 48.4 Å². The van der Waals surface area contributed by atoms with E-state index in [2.05, 4.69) is 86.2 Å². The number of nitrogens with two attached hydrogens (primary N) is 1. The number of hydrogen-bond donors (Lipinski definition) is 2. The number of Topliss-reactive ketones (excluding diaryl/α,β-unsaturated/α-hetero) is 1. The monoisotopic (exact) mass is 1020 g/mol. The average Bonchev–Trinajstić information content (AvgIpc) is 3.86. The van der Waals surface area contributed by atoms with Crippen molar-refractivity contribution in [1.29, 1.82) is 0 Å². The molecule has 0 amide bonds. The first kappa shape index (κ1) is 49.4. The van der Waals surface area contributed by atoms with Gasteiger partial charge in [0.2, 0.25) is 0 Å². The van der Waals surface area contributed by atoms with Gasteiger partial charge in [-0.05, 0) is 119 Å². The molecule has 8 heterocycles. The number of aromatic carboxylic acids is 1. The maximum Gasteiger partial charge on any atom is 0.358 e. The van der Waals surface area contributed by atoms with Crippen LogP contribution in [-0.4, -0.2) is 120 Å². The van der Waals surface area contributed by atoms with E-state index in [0.717, 1.165) is 22.7 Å². The molecule has 0 radical (unpaired) electrons.